The molecule has 0 atom stereocenters. The molecule has 0 aliphatic heterocycles. The fourth-order valence-corrected chi connectivity index (χ4v) is 2.06. The standard InChI is InChI=1S/C12H13N3O5S/c1-6(2)10-14-15-12(20-10)13-8(16)5-19-7-3-4-21-9(7)11(17)18/h3-4,6H,5H2,1-2H3,(H,17,18)(H,13,15,16). The van der Waals surface area contributed by atoms with Crippen molar-refractivity contribution in [2.75, 3.05) is 11.9 Å². The van der Waals surface area contributed by atoms with Gasteiger partial charge in [-0.2, -0.15) is 0 Å². The van der Waals surface area contributed by atoms with E-state index in [9.17, 15) is 9.59 Å². The highest BCUT2D eigenvalue weighted by molar-refractivity contribution is 7.12. The van der Waals surface area contributed by atoms with Crippen LogP contribution in [-0.2, 0) is 4.79 Å². The molecule has 8 nitrogen and oxygen atoms in total. The number of carboxylic acids is 1. The van der Waals surface area contributed by atoms with Crippen LogP contribution in [0.15, 0.2) is 15.9 Å². The highest BCUT2D eigenvalue weighted by Gasteiger charge is 2.16. The van der Waals surface area contributed by atoms with E-state index in [0.29, 0.717) is 5.89 Å². The summed E-state index contributed by atoms with van der Waals surface area (Å²) < 4.78 is 10.4. The SMILES string of the molecule is CC(C)c1nnc(NC(=O)COc2ccsc2C(=O)O)o1. The Labute approximate surface area is 123 Å². The lowest BCUT2D eigenvalue weighted by atomic mass is 10.2. The first-order chi connectivity index (χ1) is 9.97. The van der Waals surface area contributed by atoms with Crippen molar-refractivity contribution in [3.8, 4) is 5.75 Å². The van der Waals surface area contributed by atoms with Gasteiger partial charge >= 0.3 is 12.0 Å². The molecular formula is C12H13N3O5S. The van der Waals surface area contributed by atoms with E-state index in [1.54, 1.807) is 5.38 Å². The molecule has 2 N–H and O–H groups in total. The summed E-state index contributed by atoms with van der Waals surface area (Å²) in [5, 5.41) is 20.3. The molecule has 0 aliphatic carbocycles. The molecule has 2 rings (SSSR count). The van der Waals surface area contributed by atoms with Crippen LogP contribution in [0.1, 0.15) is 35.3 Å². The van der Waals surface area contributed by atoms with Crippen LogP contribution in [0.4, 0.5) is 6.01 Å². The lowest BCUT2D eigenvalue weighted by molar-refractivity contribution is -0.118. The van der Waals surface area contributed by atoms with Crippen molar-refractivity contribution in [3.63, 3.8) is 0 Å². The molecule has 112 valence electrons. The van der Waals surface area contributed by atoms with E-state index in [1.165, 1.54) is 6.07 Å². The van der Waals surface area contributed by atoms with Gasteiger partial charge in [0, 0.05) is 5.92 Å². The summed E-state index contributed by atoms with van der Waals surface area (Å²) in [7, 11) is 0. The van der Waals surface area contributed by atoms with E-state index in [1.807, 2.05) is 13.8 Å². The van der Waals surface area contributed by atoms with E-state index in [-0.39, 0.29) is 29.2 Å². The van der Waals surface area contributed by atoms with E-state index in [4.69, 9.17) is 14.3 Å². The number of hydrogen-bond donors (Lipinski definition) is 2. The Kier molecular flexibility index (Phi) is 4.53. The number of nitrogens with zero attached hydrogens (tertiary/aromatic N) is 2. The van der Waals surface area contributed by atoms with Gasteiger partial charge in [-0.1, -0.05) is 18.9 Å². The number of nitrogens with one attached hydrogen (secondary N) is 1. The number of rotatable bonds is 6. The topological polar surface area (TPSA) is 115 Å². The van der Waals surface area contributed by atoms with Crippen LogP contribution < -0.4 is 10.1 Å². The smallest absolute Gasteiger partial charge is 0.349 e. The Morgan fingerprint density at radius 3 is 2.86 bits per heavy atom. The molecule has 0 radical (unpaired) electrons. The van der Waals surface area contributed by atoms with Crippen molar-refractivity contribution < 1.29 is 23.8 Å². The van der Waals surface area contributed by atoms with Gasteiger partial charge in [-0.15, -0.1) is 16.4 Å². The molecule has 21 heavy (non-hydrogen) atoms. The molecule has 0 aromatic carbocycles. The first-order valence-corrected chi connectivity index (χ1v) is 6.92. The molecule has 0 fully saturated rings. The summed E-state index contributed by atoms with van der Waals surface area (Å²) in [5.41, 5.74) is 0. The average molecular weight is 311 g/mol. The van der Waals surface area contributed by atoms with Crippen molar-refractivity contribution in [1.82, 2.24) is 10.2 Å². The number of thiophene rings is 1. The van der Waals surface area contributed by atoms with E-state index in [2.05, 4.69) is 15.5 Å². The highest BCUT2D eigenvalue weighted by atomic mass is 32.1. The Balaban J connectivity index is 1.89. The molecule has 0 unspecified atom stereocenters. The summed E-state index contributed by atoms with van der Waals surface area (Å²) in [6.07, 6.45) is 0. The minimum absolute atomic E-state index is 0.0175. The molecule has 2 heterocycles. The predicted octanol–water partition coefficient (Wildman–Crippen LogP) is 1.97. The summed E-state index contributed by atoms with van der Waals surface area (Å²) in [4.78, 5) is 22.6. The van der Waals surface area contributed by atoms with E-state index < -0.39 is 11.9 Å². The molecule has 0 spiro atoms. The summed E-state index contributed by atoms with van der Waals surface area (Å²) in [6.45, 7) is 3.41. The fourth-order valence-electron chi connectivity index (χ4n) is 1.38. The van der Waals surface area contributed by atoms with Gasteiger partial charge in [0.1, 0.15) is 5.75 Å². The molecule has 0 saturated carbocycles. The number of anilines is 1. The van der Waals surface area contributed by atoms with Gasteiger partial charge in [0.25, 0.3) is 5.91 Å². The van der Waals surface area contributed by atoms with Gasteiger partial charge in [0.2, 0.25) is 5.89 Å². The van der Waals surface area contributed by atoms with Crippen LogP contribution in [0.25, 0.3) is 0 Å². The average Bonchev–Trinajstić information content (AvgIpc) is 3.04. The first kappa shape index (κ1) is 15.0. The van der Waals surface area contributed by atoms with Crippen molar-refractivity contribution in [1.29, 1.82) is 0 Å². The van der Waals surface area contributed by atoms with Gasteiger partial charge in [-0.05, 0) is 11.4 Å². The number of carboxylic acid groups (broad SMARTS) is 1. The number of carbonyl (C=O) groups excluding carboxylic acids is 1. The van der Waals surface area contributed by atoms with Crippen molar-refractivity contribution in [2.24, 2.45) is 0 Å². The highest BCUT2D eigenvalue weighted by Crippen LogP contribution is 2.24. The number of hydrogen-bond acceptors (Lipinski definition) is 7. The lowest BCUT2D eigenvalue weighted by Gasteiger charge is -2.04. The maximum atomic E-state index is 11.7. The Bertz CT molecular complexity index is 649. The summed E-state index contributed by atoms with van der Waals surface area (Å²) in [5.74, 6) is -0.994. The molecule has 0 aliphatic rings. The van der Waals surface area contributed by atoms with Crippen LogP contribution in [0.3, 0.4) is 0 Å². The van der Waals surface area contributed by atoms with Crippen LogP contribution in [0.5, 0.6) is 5.75 Å². The van der Waals surface area contributed by atoms with Gasteiger partial charge in [-0.3, -0.25) is 10.1 Å². The minimum Gasteiger partial charge on any atom is -0.482 e. The van der Waals surface area contributed by atoms with Gasteiger partial charge in [0.05, 0.1) is 0 Å². The number of aromatic carboxylic acids is 1. The van der Waals surface area contributed by atoms with Crippen LogP contribution in [0, 0.1) is 0 Å². The summed E-state index contributed by atoms with van der Waals surface area (Å²) >= 11 is 1.02. The van der Waals surface area contributed by atoms with Gasteiger partial charge in [-0.25, -0.2) is 4.79 Å². The maximum Gasteiger partial charge on any atom is 0.349 e. The molecule has 0 saturated heterocycles. The van der Waals surface area contributed by atoms with Gasteiger partial charge < -0.3 is 14.3 Å². The van der Waals surface area contributed by atoms with E-state index >= 15 is 0 Å². The molecule has 2 aromatic rings. The molecule has 0 bridgehead atoms. The molecular weight excluding hydrogens is 298 g/mol. The molecule has 1 amide bonds. The third-order valence-corrected chi connectivity index (χ3v) is 3.25. The van der Waals surface area contributed by atoms with Crippen LogP contribution in [-0.4, -0.2) is 33.8 Å². The van der Waals surface area contributed by atoms with Crippen molar-refractivity contribution in [2.45, 2.75) is 19.8 Å². The maximum absolute atomic E-state index is 11.7. The Morgan fingerprint density at radius 1 is 1.48 bits per heavy atom. The number of ether oxygens (including phenoxy) is 1. The zero-order valence-corrected chi connectivity index (χ0v) is 12.1. The molecule has 9 heteroatoms. The first-order valence-electron chi connectivity index (χ1n) is 6.04. The van der Waals surface area contributed by atoms with Crippen LogP contribution in [0.2, 0.25) is 0 Å². The zero-order chi connectivity index (χ0) is 15.4. The second-order valence-electron chi connectivity index (χ2n) is 4.36. The fraction of sp³-hybridized carbons (Fsp3) is 0.333. The zero-order valence-electron chi connectivity index (χ0n) is 11.3. The Hall–Kier alpha value is -2.42. The minimum atomic E-state index is -1.10. The number of aromatic nitrogens is 2. The van der Waals surface area contributed by atoms with Gasteiger partial charge in [0.15, 0.2) is 11.5 Å². The largest absolute Gasteiger partial charge is 0.482 e. The quantitative estimate of drug-likeness (QED) is 0.838. The summed E-state index contributed by atoms with van der Waals surface area (Å²) in [6, 6.07) is 1.47. The van der Waals surface area contributed by atoms with Crippen LogP contribution >= 0.6 is 11.3 Å². The van der Waals surface area contributed by atoms with Crippen molar-refractivity contribution >= 4 is 29.2 Å². The number of carbonyl (C=O) groups is 2. The second-order valence-corrected chi connectivity index (χ2v) is 5.27. The Morgan fingerprint density at radius 2 is 2.24 bits per heavy atom. The van der Waals surface area contributed by atoms with Crippen molar-refractivity contribution in [3.05, 3.63) is 22.2 Å². The van der Waals surface area contributed by atoms with E-state index in [0.717, 1.165) is 11.3 Å². The third-order valence-electron chi connectivity index (χ3n) is 2.36. The lowest BCUT2D eigenvalue weighted by Crippen LogP contribution is -2.20. The second kappa shape index (κ2) is 6.35. The number of amides is 1. The molecule has 2 aromatic heterocycles. The third kappa shape index (κ3) is 3.78. The normalized spacial score (nSPS) is 10.6. The monoisotopic (exact) mass is 311 g/mol. The predicted molar refractivity (Wildman–Crippen MR) is 73.8 cm³/mol.